The van der Waals surface area contributed by atoms with Gasteiger partial charge in [-0.2, -0.15) is 0 Å². The monoisotopic (exact) mass is 346 g/mol. The van der Waals surface area contributed by atoms with Gasteiger partial charge in [-0.3, -0.25) is 9.78 Å². The van der Waals surface area contributed by atoms with Crippen molar-refractivity contribution in [2.24, 2.45) is 11.3 Å². The molecule has 0 aromatic carbocycles. The van der Waals surface area contributed by atoms with E-state index in [4.69, 9.17) is 14.2 Å². The van der Waals surface area contributed by atoms with Gasteiger partial charge in [-0.25, -0.2) is 0 Å². The zero-order valence-corrected chi connectivity index (χ0v) is 14.6. The molecule has 0 unspecified atom stereocenters. The molecule has 6 heteroatoms. The van der Waals surface area contributed by atoms with Crippen molar-refractivity contribution >= 4 is 5.91 Å². The molecule has 1 amide bonds. The summed E-state index contributed by atoms with van der Waals surface area (Å²) >= 11 is 0. The van der Waals surface area contributed by atoms with Crippen LogP contribution in [0.5, 0.6) is 5.75 Å². The molecule has 0 N–H and O–H groups in total. The van der Waals surface area contributed by atoms with E-state index in [9.17, 15) is 4.79 Å². The number of likely N-dealkylation sites (tertiary alicyclic amines) is 1. The molecule has 3 aliphatic rings. The summed E-state index contributed by atoms with van der Waals surface area (Å²) in [5.41, 5.74) is -0.112. The number of fused-ring (bicyclic) bond motifs is 1. The Kier molecular flexibility index (Phi) is 4.90. The van der Waals surface area contributed by atoms with Crippen molar-refractivity contribution in [2.75, 3.05) is 39.5 Å². The lowest BCUT2D eigenvalue weighted by atomic mass is 9.82. The maximum absolute atomic E-state index is 12.6. The molecular formula is C19H26N2O4. The number of ether oxygens (including phenoxy) is 3. The fraction of sp³-hybridized carbons (Fsp3) is 0.684. The smallest absolute Gasteiger partial charge is 0.248 e. The van der Waals surface area contributed by atoms with Crippen LogP contribution in [0.15, 0.2) is 24.5 Å². The predicted octanol–water partition coefficient (Wildman–Crippen LogP) is 1.89. The minimum absolute atomic E-state index is 0.0991. The maximum atomic E-state index is 12.6. The van der Waals surface area contributed by atoms with Crippen LogP contribution in [0.25, 0.3) is 0 Å². The molecule has 136 valence electrons. The van der Waals surface area contributed by atoms with Crippen molar-refractivity contribution in [3.05, 3.63) is 24.5 Å². The summed E-state index contributed by atoms with van der Waals surface area (Å²) in [4.78, 5) is 18.6. The number of carbonyl (C=O) groups is 1. The van der Waals surface area contributed by atoms with Crippen LogP contribution in [0.2, 0.25) is 0 Å². The van der Waals surface area contributed by atoms with Crippen molar-refractivity contribution in [2.45, 2.75) is 31.8 Å². The highest BCUT2D eigenvalue weighted by molar-refractivity contribution is 5.78. The normalized spacial score (nSPS) is 29.1. The average molecular weight is 346 g/mol. The summed E-state index contributed by atoms with van der Waals surface area (Å²) in [5, 5.41) is 0. The Balaban J connectivity index is 1.33. The van der Waals surface area contributed by atoms with E-state index in [2.05, 4.69) is 4.98 Å². The number of rotatable bonds is 6. The first-order valence-corrected chi connectivity index (χ1v) is 9.25. The summed E-state index contributed by atoms with van der Waals surface area (Å²) in [6.45, 7) is 3.53. The van der Waals surface area contributed by atoms with E-state index in [1.807, 2.05) is 17.0 Å². The van der Waals surface area contributed by atoms with E-state index < -0.39 is 0 Å². The Morgan fingerprint density at radius 2 is 2.28 bits per heavy atom. The molecule has 0 radical (unpaired) electrons. The summed E-state index contributed by atoms with van der Waals surface area (Å²) < 4.78 is 17.5. The number of pyridine rings is 1. The van der Waals surface area contributed by atoms with Gasteiger partial charge in [0.2, 0.25) is 5.91 Å². The van der Waals surface area contributed by atoms with Gasteiger partial charge in [0.05, 0.1) is 37.5 Å². The fourth-order valence-corrected chi connectivity index (χ4v) is 4.22. The van der Waals surface area contributed by atoms with Crippen LogP contribution in [0.4, 0.5) is 0 Å². The lowest BCUT2D eigenvalue weighted by molar-refractivity contribution is -0.137. The lowest BCUT2D eigenvalue weighted by Crippen LogP contribution is -2.39. The van der Waals surface area contributed by atoms with Crippen LogP contribution in [-0.2, 0) is 14.3 Å². The molecule has 2 aliphatic heterocycles. The summed E-state index contributed by atoms with van der Waals surface area (Å²) in [6.07, 6.45) is 8.34. The van der Waals surface area contributed by atoms with Gasteiger partial charge in [0.15, 0.2) is 0 Å². The molecule has 0 spiro atoms. The van der Waals surface area contributed by atoms with Crippen molar-refractivity contribution in [3.8, 4) is 5.75 Å². The molecule has 3 fully saturated rings. The van der Waals surface area contributed by atoms with Crippen molar-refractivity contribution in [1.29, 1.82) is 0 Å². The van der Waals surface area contributed by atoms with E-state index in [1.54, 1.807) is 12.4 Å². The van der Waals surface area contributed by atoms with Crippen molar-refractivity contribution in [1.82, 2.24) is 9.88 Å². The molecular weight excluding hydrogens is 320 g/mol. The molecule has 6 nitrogen and oxygen atoms in total. The van der Waals surface area contributed by atoms with Gasteiger partial charge < -0.3 is 19.1 Å². The van der Waals surface area contributed by atoms with Gasteiger partial charge >= 0.3 is 0 Å². The van der Waals surface area contributed by atoms with Gasteiger partial charge in [0.25, 0.3) is 0 Å². The minimum Gasteiger partial charge on any atom is -0.491 e. The second-order valence-electron chi connectivity index (χ2n) is 7.54. The molecule has 1 aromatic rings. The number of nitrogens with zero attached hydrogens (tertiary/aromatic N) is 2. The molecule has 2 saturated heterocycles. The Bertz CT molecular complexity index is 590. The van der Waals surface area contributed by atoms with Gasteiger partial charge in [-0.1, -0.05) is 12.8 Å². The zero-order valence-electron chi connectivity index (χ0n) is 14.6. The van der Waals surface area contributed by atoms with Crippen molar-refractivity contribution < 1.29 is 19.0 Å². The van der Waals surface area contributed by atoms with Crippen molar-refractivity contribution in [3.63, 3.8) is 0 Å². The first kappa shape index (κ1) is 16.8. The first-order chi connectivity index (χ1) is 12.3. The Hall–Kier alpha value is -1.66. The SMILES string of the molecule is O=C(COC1CCCC1)N1C[C@@H]2COC[C@]2(COc2cccnc2)C1. The third-order valence-electron chi connectivity index (χ3n) is 5.78. The third kappa shape index (κ3) is 3.65. The average Bonchev–Trinajstić information content (AvgIpc) is 3.34. The molecule has 4 rings (SSSR count). The van der Waals surface area contributed by atoms with Crippen LogP contribution >= 0.6 is 0 Å². The van der Waals surface area contributed by atoms with Gasteiger partial charge in [0, 0.05) is 25.2 Å². The molecule has 1 aliphatic carbocycles. The van der Waals surface area contributed by atoms with E-state index in [0.29, 0.717) is 32.3 Å². The van der Waals surface area contributed by atoms with E-state index in [-0.39, 0.29) is 24.0 Å². The van der Waals surface area contributed by atoms with E-state index in [1.165, 1.54) is 12.8 Å². The van der Waals surface area contributed by atoms with E-state index in [0.717, 1.165) is 25.1 Å². The standard InChI is InChI=1S/C19H26N2O4/c22-18(11-24-16-4-1-2-5-16)21-9-15-10-23-13-19(15,12-21)14-25-17-6-3-7-20-8-17/h3,6-8,15-16H,1-2,4-5,9-14H2/t15-,19+/m1/s1. The topological polar surface area (TPSA) is 60.9 Å². The second-order valence-corrected chi connectivity index (χ2v) is 7.54. The number of aromatic nitrogens is 1. The number of hydrogen-bond acceptors (Lipinski definition) is 5. The molecule has 1 saturated carbocycles. The molecule has 25 heavy (non-hydrogen) atoms. The molecule has 1 aromatic heterocycles. The Labute approximate surface area is 148 Å². The van der Waals surface area contributed by atoms with Crippen LogP contribution in [0.1, 0.15) is 25.7 Å². The Morgan fingerprint density at radius 1 is 1.40 bits per heavy atom. The zero-order chi connectivity index (χ0) is 17.1. The highest BCUT2D eigenvalue weighted by Gasteiger charge is 2.52. The molecule has 0 bridgehead atoms. The predicted molar refractivity (Wildman–Crippen MR) is 91.3 cm³/mol. The maximum Gasteiger partial charge on any atom is 0.248 e. The van der Waals surface area contributed by atoms with Crippen LogP contribution < -0.4 is 4.74 Å². The lowest BCUT2D eigenvalue weighted by Gasteiger charge is -2.27. The van der Waals surface area contributed by atoms with Gasteiger partial charge in [-0.15, -0.1) is 0 Å². The highest BCUT2D eigenvalue weighted by atomic mass is 16.5. The number of carbonyl (C=O) groups excluding carboxylic acids is 1. The molecule has 3 heterocycles. The largest absolute Gasteiger partial charge is 0.491 e. The highest BCUT2D eigenvalue weighted by Crippen LogP contribution is 2.41. The summed E-state index contributed by atoms with van der Waals surface area (Å²) in [5.74, 6) is 1.19. The van der Waals surface area contributed by atoms with Gasteiger partial charge in [0.1, 0.15) is 12.4 Å². The third-order valence-corrected chi connectivity index (χ3v) is 5.78. The quantitative estimate of drug-likeness (QED) is 0.787. The fourth-order valence-electron chi connectivity index (χ4n) is 4.22. The van der Waals surface area contributed by atoms with Crippen LogP contribution in [0, 0.1) is 11.3 Å². The number of amides is 1. The number of hydrogen-bond donors (Lipinski definition) is 0. The second kappa shape index (κ2) is 7.30. The minimum atomic E-state index is -0.112. The Morgan fingerprint density at radius 3 is 3.08 bits per heavy atom. The first-order valence-electron chi connectivity index (χ1n) is 9.25. The van der Waals surface area contributed by atoms with Crippen LogP contribution in [0.3, 0.4) is 0 Å². The van der Waals surface area contributed by atoms with E-state index >= 15 is 0 Å². The van der Waals surface area contributed by atoms with Gasteiger partial charge in [-0.05, 0) is 25.0 Å². The summed E-state index contributed by atoms with van der Waals surface area (Å²) in [6, 6.07) is 3.77. The van der Waals surface area contributed by atoms with Crippen LogP contribution in [-0.4, -0.2) is 61.4 Å². The molecule has 2 atom stereocenters. The summed E-state index contributed by atoms with van der Waals surface area (Å²) in [7, 11) is 0.